The Morgan fingerprint density at radius 1 is 1.17 bits per heavy atom. The predicted octanol–water partition coefficient (Wildman–Crippen LogP) is 4.39. The highest BCUT2D eigenvalue weighted by molar-refractivity contribution is 5.27. The molecular weight excluding hydrogens is 218 g/mol. The molecule has 1 heteroatoms. The molecule has 1 aliphatic carbocycles. The summed E-state index contributed by atoms with van der Waals surface area (Å²) in [6.45, 7) is 4.37. The zero-order valence-electron chi connectivity index (χ0n) is 11.9. The number of rotatable bonds is 5. The Morgan fingerprint density at radius 3 is 2.33 bits per heavy atom. The first-order valence-corrected chi connectivity index (χ1v) is 7.50. The zero-order chi connectivity index (χ0) is 13.0. The van der Waals surface area contributed by atoms with E-state index in [0.29, 0.717) is 0 Å². The minimum Gasteiger partial charge on any atom is -0.322 e. The summed E-state index contributed by atoms with van der Waals surface area (Å²) < 4.78 is 0. The summed E-state index contributed by atoms with van der Waals surface area (Å²) in [6, 6.07) is 8.87. The van der Waals surface area contributed by atoms with E-state index in [1.54, 1.807) is 0 Å². The van der Waals surface area contributed by atoms with Crippen molar-refractivity contribution in [2.45, 2.75) is 64.3 Å². The average molecular weight is 245 g/mol. The molecule has 1 aromatic carbocycles. The van der Waals surface area contributed by atoms with Crippen LogP contribution < -0.4 is 5.73 Å². The lowest BCUT2D eigenvalue weighted by Gasteiger charge is -2.27. The van der Waals surface area contributed by atoms with Crippen molar-refractivity contribution < 1.29 is 0 Å². The van der Waals surface area contributed by atoms with Gasteiger partial charge in [0.1, 0.15) is 0 Å². The standard InChI is InChI=1S/C17H27N/c1-3-14-8-10-16(11-9-14)17(2,18)13-12-15-6-4-5-7-15/h8-11,15H,3-7,12-13,18H2,1-2H3. The van der Waals surface area contributed by atoms with E-state index in [4.69, 9.17) is 5.73 Å². The van der Waals surface area contributed by atoms with Gasteiger partial charge in [-0.3, -0.25) is 0 Å². The third-order valence-electron chi connectivity index (χ3n) is 4.57. The number of hydrogen-bond acceptors (Lipinski definition) is 1. The Morgan fingerprint density at radius 2 is 1.78 bits per heavy atom. The fourth-order valence-electron chi connectivity index (χ4n) is 3.07. The summed E-state index contributed by atoms with van der Waals surface area (Å²) in [4.78, 5) is 0. The van der Waals surface area contributed by atoms with Gasteiger partial charge in [0.15, 0.2) is 0 Å². The molecular formula is C17H27N. The van der Waals surface area contributed by atoms with Crippen molar-refractivity contribution in [3.63, 3.8) is 0 Å². The molecule has 1 fully saturated rings. The lowest BCUT2D eigenvalue weighted by Crippen LogP contribution is -2.33. The molecule has 100 valence electrons. The Hall–Kier alpha value is -0.820. The first-order chi connectivity index (χ1) is 8.62. The lowest BCUT2D eigenvalue weighted by atomic mass is 9.85. The maximum Gasteiger partial charge on any atom is 0.0381 e. The van der Waals surface area contributed by atoms with Gasteiger partial charge in [0.25, 0.3) is 0 Å². The maximum atomic E-state index is 6.51. The Kier molecular flexibility index (Phi) is 4.45. The van der Waals surface area contributed by atoms with Gasteiger partial charge in [-0.1, -0.05) is 56.9 Å². The first kappa shape index (κ1) is 13.6. The molecule has 0 spiro atoms. The van der Waals surface area contributed by atoms with Crippen molar-refractivity contribution in [3.8, 4) is 0 Å². The zero-order valence-corrected chi connectivity index (χ0v) is 11.9. The van der Waals surface area contributed by atoms with Crippen LogP contribution in [0.4, 0.5) is 0 Å². The number of hydrogen-bond donors (Lipinski definition) is 1. The van der Waals surface area contributed by atoms with Gasteiger partial charge in [-0.05, 0) is 43.2 Å². The fourth-order valence-corrected chi connectivity index (χ4v) is 3.07. The van der Waals surface area contributed by atoms with Gasteiger partial charge in [0, 0.05) is 5.54 Å². The van der Waals surface area contributed by atoms with Crippen LogP contribution in [0.1, 0.15) is 63.5 Å². The Balaban J connectivity index is 1.95. The molecule has 1 unspecified atom stereocenters. The van der Waals surface area contributed by atoms with Crippen LogP contribution in [0.2, 0.25) is 0 Å². The van der Waals surface area contributed by atoms with E-state index < -0.39 is 0 Å². The molecule has 1 atom stereocenters. The van der Waals surface area contributed by atoms with Gasteiger partial charge in [0.2, 0.25) is 0 Å². The van der Waals surface area contributed by atoms with Crippen LogP contribution in [0.3, 0.4) is 0 Å². The first-order valence-electron chi connectivity index (χ1n) is 7.50. The molecule has 0 saturated heterocycles. The maximum absolute atomic E-state index is 6.51. The third kappa shape index (κ3) is 3.35. The second kappa shape index (κ2) is 5.88. The summed E-state index contributed by atoms with van der Waals surface area (Å²) in [7, 11) is 0. The molecule has 1 aromatic rings. The normalized spacial score (nSPS) is 19.9. The summed E-state index contributed by atoms with van der Waals surface area (Å²) in [5.74, 6) is 0.933. The molecule has 0 amide bonds. The number of nitrogens with two attached hydrogens (primary N) is 1. The lowest BCUT2D eigenvalue weighted by molar-refractivity contribution is 0.374. The molecule has 2 rings (SSSR count). The van der Waals surface area contributed by atoms with E-state index >= 15 is 0 Å². The monoisotopic (exact) mass is 245 g/mol. The highest BCUT2D eigenvalue weighted by Crippen LogP contribution is 2.33. The molecule has 0 bridgehead atoms. The average Bonchev–Trinajstić information content (AvgIpc) is 2.90. The van der Waals surface area contributed by atoms with Crippen LogP contribution in [-0.4, -0.2) is 0 Å². The van der Waals surface area contributed by atoms with E-state index in [9.17, 15) is 0 Å². The molecule has 0 aromatic heterocycles. The quantitative estimate of drug-likeness (QED) is 0.818. The van der Waals surface area contributed by atoms with Crippen molar-refractivity contribution in [2.24, 2.45) is 11.7 Å². The van der Waals surface area contributed by atoms with Crippen molar-refractivity contribution in [2.75, 3.05) is 0 Å². The van der Waals surface area contributed by atoms with Crippen molar-refractivity contribution in [3.05, 3.63) is 35.4 Å². The van der Waals surface area contributed by atoms with Gasteiger partial charge in [-0.2, -0.15) is 0 Å². The largest absolute Gasteiger partial charge is 0.322 e. The fraction of sp³-hybridized carbons (Fsp3) is 0.647. The SMILES string of the molecule is CCc1ccc(C(C)(N)CCC2CCCC2)cc1. The topological polar surface area (TPSA) is 26.0 Å². The third-order valence-corrected chi connectivity index (χ3v) is 4.57. The van der Waals surface area contributed by atoms with Gasteiger partial charge in [-0.25, -0.2) is 0 Å². The van der Waals surface area contributed by atoms with Crippen LogP contribution in [0, 0.1) is 5.92 Å². The van der Waals surface area contributed by atoms with Crippen LogP contribution in [-0.2, 0) is 12.0 Å². The molecule has 1 aliphatic rings. The van der Waals surface area contributed by atoms with Gasteiger partial charge < -0.3 is 5.73 Å². The molecule has 0 heterocycles. The van der Waals surface area contributed by atoms with Crippen LogP contribution in [0.15, 0.2) is 24.3 Å². The molecule has 0 radical (unpaired) electrons. The van der Waals surface area contributed by atoms with Crippen molar-refractivity contribution in [1.82, 2.24) is 0 Å². The molecule has 0 aliphatic heterocycles. The molecule has 2 N–H and O–H groups in total. The smallest absolute Gasteiger partial charge is 0.0381 e. The van der Waals surface area contributed by atoms with Gasteiger partial charge in [0.05, 0.1) is 0 Å². The van der Waals surface area contributed by atoms with Crippen molar-refractivity contribution >= 4 is 0 Å². The second-order valence-corrected chi connectivity index (χ2v) is 6.16. The van der Waals surface area contributed by atoms with Crippen LogP contribution in [0.5, 0.6) is 0 Å². The Bertz CT molecular complexity index is 358. The summed E-state index contributed by atoms with van der Waals surface area (Å²) in [5.41, 5.74) is 9.03. The van der Waals surface area contributed by atoms with E-state index in [0.717, 1.165) is 18.8 Å². The predicted molar refractivity (Wildman–Crippen MR) is 78.6 cm³/mol. The van der Waals surface area contributed by atoms with Gasteiger partial charge >= 0.3 is 0 Å². The number of benzene rings is 1. The van der Waals surface area contributed by atoms with E-state index in [-0.39, 0.29) is 5.54 Å². The van der Waals surface area contributed by atoms with E-state index in [1.165, 1.54) is 43.2 Å². The highest BCUT2D eigenvalue weighted by Gasteiger charge is 2.24. The van der Waals surface area contributed by atoms with E-state index in [2.05, 4.69) is 38.1 Å². The van der Waals surface area contributed by atoms with Crippen LogP contribution >= 0.6 is 0 Å². The second-order valence-electron chi connectivity index (χ2n) is 6.16. The summed E-state index contributed by atoms with van der Waals surface area (Å²) in [5, 5.41) is 0. The minimum absolute atomic E-state index is 0.158. The summed E-state index contributed by atoms with van der Waals surface area (Å²) >= 11 is 0. The Labute approximate surface area is 112 Å². The molecule has 1 saturated carbocycles. The minimum atomic E-state index is -0.158. The highest BCUT2D eigenvalue weighted by atomic mass is 14.7. The molecule has 18 heavy (non-hydrogen) atoms. The molecule has 1 nitrogen and oxygen atoms in total. The van der Waals surface area contributed by atoms with Crippen LogP contribution in [0.25, 0.3) is 0 Å². The van der Waals surface area contributed by atoms with Gasteiger partial charge in [-0.15, -0.1) is 0 Å². The summed E-state index contributed by atoms with van der Waals surface area (Å²) in [6.07, 6.45) is 9.21. The number of aryl methyl sites for hydroxylation is 1. The van der Waals surface area contributed by atoms with E-state index in [1.807, 2.05) is 0 Å². The van der Waals surface area contributed by atoms with Crippen molar-refractivity contribution in [1.29, 1.82) is 0 Å².